The first-order valence-corrected chi connectivity index (χ1v) is 9.52. The van der Waals surface area contributed by atoms with Crippen molar-refractivity contribution in [2.24, 2.45) is 0 Å². The number of benzene rings is 2. The summed E-state index contributed by atoms with van der Waals surface area (Å²) >= 11 is 12.4. The molecule has 0 spiro atoms. The van der Waals surface area contributed by atoms with Crippen LogP contribution in [0.15, 0.2) is 42.5 Å². The highest BCUT2D eigenvalue weighted by molar-refractivity contribution is 6.40. The Morgan fingerprint density at radius 2 is 1.67 bits per heavy atom. The zero-order valence-corrected chi connectivity index (χ0v) is 16.6. The fraction of sp³-hybridized carbons (Fsp3) is 0.300. The second kappa shape index (κ2) is 8.74. The topological polar surface area (TPSA) is 52.7 Å². The van der Waals surface area contributed by atoms with Gasteiger partial charge in [0.2, 0.25) is 5.91 Å². The van der Waals surface area contributed by atoms with E-state index in [0.29, 0.717) is 47.5 Å². The molecule has 5 nitrogen and oxygen atoms in total. The number of anilines is 1. The SMILES string of the molecule is Cc1ccc(Cl)c(NC(=O)CN2CCN(C(=O)c3ccccc3)CC2)c1Cl. The number of carbonyl (C=O) groups is 2. The molecule has 27 heavy (non-hydrogen) atoms. The van der Waals surface area contributed by atoms with Crippen molar-refractivity contribution in [2.45, 2.75) is 6.92 Å². The monoisotopic (exact) mass is 405 g/mol. The van der Waals surface area contributed by atoms with Crippen LogP contribution in [0.1, 0.15) is 15.9 Å². The average molecular weight is 406 g/mol. The summed E-state index contributed by atoms with van der Waals surface area (Å²) in [5.41, 5.74) is 1.98. The molecule has 0 saturated carbocycles. The molecule has 1 fully saturated rings. The fourth-order valence-corrected chi connectivity index (χ4v) is 3.49. The minimum Gasteiger partial charge on any atom is -0.336 e. The van der Waals surface area contributed by atoms with Gasteiger partial charge in [0.1, 0.15) is 0 Å². The molecule has 142 valence electrons. The van der Waals surface area contributed by atoms with E-state index in [1.165, 1.54) is 0 Å². The maximum Gasteiger partial charge on any atom is 0.253 e. The van der Waals surface area contributed by atoms with Gasteiger partial charge in [0, 0.05) is 31.7 Å². The lowest BCUT2D eigenvalue weighted by Gasteiger charge is -2.34. The minimum atomic E-state index is -0.174. The Morgan fingerprint density at radius 1 is 1.00 bits per heavy atom. The molecule has 0 aromatic heterocycles. The average Bonchev–Trinajstić information content (AvgIpc) is 2.69. The number of amides is 2. The van der Waals surface area contributed by atoms with Gasteiger partial charge < -0.3 is 10.2 Å². The number of piperazine rings is 1. The first-order valence-electron chi connectivity index (χ1n) is 8.77. The largest absolute Gasteiger partial charge is 0.336 e. The van der Waals surface area contributed by atoms with Crippen molar-refractivity contribution >= 4 is 40.7 Å². The van der Waals surface area contributed by atoms with Gasteiger partial charge in [0.05, 0.1) is 22.3 Å². The van der Waals surface area contributed by atoms with Gasteiger partial charge in [-0.05, 0) is 30.7 Å². The van der Waals surface area contributed by atoms with Crippen LogP contribution in [0.4, 0.5) is 5.69 Å². The van der Waals surface area contributed by atoms with Gasteiger partial charge in [0.15, 0.2) is 0 Å². The molecule has 0 radical (unpaired) electrons. The van der Waals surface area contributed by atoms with Crippen molar-refractivity contribution in [3.05, 3.63) is 63.6 Å². The molecule has 0 aliphatic carbocycles. The first-order chi connectivity index (χ1) is 13.0. The van der Waals surface area contributed by atoms with Crippen LogP contribution in [0.25, 0.3) is 0 Å². The van der Waals surface area contributed by atoms with Gasteiger partial charge in [-0.15, -0.1) is 0 Å². The van der Waals surface area contributed by atoms with Crippen molar-refractivity contribution in [1.29, 1.82) is 0 Å². The van der Waals surface area contributed by atoms with Crippen LogP contribution in [0, 0.1) is 6.92 Å². The van der Waals surface area contributed by atoms with Crippen molar-refractivity contribution < 1.29 is 9.59 Å². The van der Waals surface area contributed by atoms with Crippen LogP contribution in [-0.4, -0.2) is 54.3 Å². The maximum atomic E-state index is 12.5. The number of nitrogens with one attached hydrogen (secondary N) is 1. The molecule has 0 bridgehead atoms. The molecular formula is C20H21Cl2N3O2. The van der Waals surface area contributed by atoms with Crippen molar-refractivity contribution in [3.63, 3.8) is 0 Å². The standard InChI is InChI=1S/C20H21Cl2N3O2/c1-14-7-8-16(21)19(18(14)22)23-17(26)13-24-9-11-25(12-10-24)20(27)15-5-3-2-4-6-15/h2-8H,9-13H2,1H3,(H,23,26). The maximum absolute atomic E-state index is 12.5. The smallest absolute Gasteiger partial charge is 0.253 e. The van der Waals surface area contributed by atoms with Crippen molar-refractivity contribution in [1.82, 2.24) is 9.80 Å². The summed E-state index contributed by atoms with van der Waals surface area (Å²) in [5.74, 6) is -0.148. The van der Waals surface area contributed by atoms with E-state index in [-0.39, 0.29) is 18.4 Å². The minimum absolute atomic E-state index is 0.0259. The van der Waals surface area contributed by atoms with E-state index in [4.69, 9.17) is 23.2 Å². The van der Waals surface area contributed by atoms with Gasteiger partial charge in [-0.2, -0.15) is 0 Å². The van der Waals surface area contributed by atoms with E-state index < -0.39 is 0 Å². The van der Waals surface area contributed by atoms with Crippen molar-refractivity contribution in [3.8, 4) is 0 Å². The number of halogens is 2. The molecule has 2 amide bonds. The number of nitrogens with zero attached hydrogens (tertiary/aromatic N) is 2. The predicted molar refractivity (Wildman–Crippen MR) is 109 cm³/mol. The Kier molecular flexibility index (Phi) is 6.37. The van der Waals surface area contributed by atoms with E-state index in [0.717, 1.165) is 5.56 Å². The van der Waals surface area contributed by atoms with Gasteiger partial charge in [-0.3, -0.25) is 14.5 Å². The Morgan fingerprint density at radius 3 is 2.33 bits per heavy atom. The normalized spacial score (nSPS) is 14.9. The summed E-state index contributed by atoms with van der Waals surface area (Å²) in [7, 11) is 0. The molecule has 1 aliphatic rings. The summed E-state index contributed by atoms with van der Waals surface area (Å²) in [6.07, 6.45) is 0. The lowest BCUT2D eigenvalue weighted by Crippen LogP contribution is -2.50. The summed E-state index contributed by atoms with van der Waals surface area (Å²) in [5, 5.41) is 3.67. The Hall–Kier alpha value is -2.08. The second-order valence-corrected chi connectivity index (χ2v) is 7.32. The third-order valence-corrected chi connectivity index (χ3v) is 5.40. The molecule has 3 rings (SSSR count). The molecule has 1 aliphatic heterocycles. The summed E-state index contributed by atoms with van der Waals surface area (Å²) in [4.78, 5) is 28.7. The van der Waals surface area contributed by atoms with Crippen molar-refractivity contribution in [2.75, 3.05) is 38.0 Å². The molecule has 2 aromatic carbocycles. The van der Waals surface area contributed by atoms with Crippen LogP contribution in [0.2, 0.25) is 10.0 Å². The van der Waals surface area contributed by atoms with Gasteiger partial charge in [-0.25, -0.2) is 0 Å². The Bertz CT molecular complexity index is 835. The molecule has 1 saturated heterocycles. The van der Waals surface area contributed by atoms with E-state index >= 15 is 0 Å². The molecule has 1 heterocycles. The second-order valence-electron chi connectivity index (χ2n) is 6.54. The van der Waals surface area contributed by atoms with Crippen LogP contribution in [0.5, 0.6) is 0 Å². The lowest BCUT2D eigenvalue weighted by atomic mass is 10.2. The van der Waals surface area contributed by atoms with Gasteiger partial charge in [-0.1, -0.05) is 47.5 Å². The number of hydrogen-bond acceptors (Lipinski definition) is 3. The van der Waals surface area contributed by atoms with Crippen LogP contribution >= 0.6 is 23.2 Å². The van der Waals surface area contributed by atoms with E-state index in [1.54, 1.807) is 6.07 Å². The zero-order chi connectivity index (χ0) is 19.4. The van der Waals surface area contributed by atoms with E-state index in [2.05, 4.69) is 5.32 Å². The Balaban J connectivity index is 1.53. The highest BCUT2D eigenvalue weighted by atomic mass is 35.5. The van der Waals surface area contributed by atoms with Crippen LogP contribution < -0.4 is 5.32 Å². The number of hydrogen-bond donors (Lipinski definition) is 1. The molecule has 0 unspecified atom stereocenters. The number of aryl methyl sites for hydroxylation is 1. The summed E-state index contributed by atoms with van der Waals surface area (Å²) in [6, 6.07) is 12.8. The van der Waals surface area contributed by atoms with Crippen LogP contribution in [-0.2, 0) is 4.79 Å². The molecular weight excluding hydrogens is 385 g/mol. The molecule has 1 N–H and O–H groups in total. The number of rotatable bonds is 4. The fourth-order valence-electron chi connectivity index (χ4n) is 3.03. The van der Waals surface area contributed by atoms with E-state index in [9.17, 15) is 9.59 Å². The van der Waals surface area contributed by atoms with Gasteiger partial charge in [0.25, 0.3) is 5.91 Å². The highest BCUT2D eigenvalue weighted by Gasteiger charge is 2.23. The lowest BCUT2D eigenvalue weighted by molar-refractivity contribution is -0.117. The zero-order valence-electron chi connectivity index (χ0n) is 15.0. The summed E-state index contributed by atoms with van der Waals surface area (Å²) in [6.45, 7) is 4.55. The Labute approximate surface area is 168 Å². The molecule has 7 heteroatoms. The predicted octanol–water partition coefficient (Wildman–Crippen LogP) is 3.70. The quantitative estimate of drug-likeness (QED) is 0.843. The third kappa shape index (κ3) is 4.80. The first kappa shape index (κ1) is 19.7. The molecule has 2 aromatic rings. The highest BCUT2D eigenvalue weighted by Crippen LogP contribution is 2.32. The van der Waals surface area contributed by atoms with Crippen LogP contribution in [0.3, 0.4) is 0 Å². The molecule has 0 atom stereocenters. The third-order valence-electron chi connectivity index (χ3n) is 4.60. The van der Waals surface area contributed by atoms with E-state index in [1.807, 2.05) is 53.1 Å². The number of carbonyl (C=O) groups excluding carboxylic acids is 2. The van der Waals surface area contributed by atoms with Gasteiger partial charge >= 0.3 is 0 Å². The summed E-state index contributed by atoms with van der Waals surface area (Å²) < 4.78 is 0.